The standard InChI is InChI=1S/C64H125NO10/c1-3-5-7-9-11-13-15-17-19-21-23-25-26-27-28-29-30-31-32-34-35-37-39-41-43-45-47-49-51-56(67)59(69)55(54-74-64-62(72)61(71)60(70)58(53-66)75-64)65-63(73)57(68)52-50-48-46-44-42-40-38-36-33-24-22-20-18-16-14-12-10-8-6-4-2/h43,45,55-62,64,66-72H,3-42,44,46-54H2,1-2H3,(H,65,73)/b45-43+. The third kappa shape index (κ3) is 41.5. The Morgan fingerprint density at radius 3 is 1.15 bits per heavy atom. The smallest absolute Gasteiger partial charge is 0.249 e. The first-order valence-electron chi connectivity index (χ1n) is 32.6. The molecule has 0 aliphatic carbocycles. The SMILES string of the molecule is CCCCCCCCCCCCCCCCCCCCCCCCC/C=C/CCCC(O)C(O)C(COC1OC(CO)C(O)C(O)C1O)NC(=O)C(O)CCCCCCCCCCCCCCCCCCCCCC. The van der Waals surface area contributed by atoms with Crippen LogP contribution in [0.25, 0.3) is 0 Å². The van der Waals surface area contributed by atoms with Crippen LogP contribution in [0.5, 0.6) is 0 Å². The van der Waals surface area contributed by atoms with Gasteiger partial charge in [-0.3, -0.25) is 4.79 Å². The van der Waals surface area contributed by atoms with Gasteiger partial charge in [0.25, 0.3) is 0 Å². The first-order valence-corrected chi connectivity index (χ1v) is 32.6. The molecule has 0 aromatic heterocycles. The van der Waals surface area contributed by atoms with Gasteiger partial charge in [0.05, 0.1) is 25.4 Å². The predicted molar refractivity (Wildman–Crippen MR) is 312 cm³/mol. The van der Waals surface area contributed by atoms with Crippen molar-refractivity contribution in [3.8, 4) is 0 Å². The third-order valence-electron chi connectivity index (χ3n) is 16.1. The Hall–Kier alpha value is -1.15. The summed E-state index contributed by atoms with van der Waals surface area (Å²) in [6.45, 7) is 3.50. The summed E-state index contributed by atoms with van der Waals surface area (Å²) < 4.78 is 11.2. The number of aliphatic hydroxyl groups is 7. The lowest BCUT2D eigenvalue weighted by atomic mass is 9.98. The normalized spacial score (nSPS) is 19.7. The Morgan fingerprint density at radius 2 is 0.787 bits per heavy atom. The highest BCUT2D eigenvalue weighted by Gasteiger charge is 2.44. The van der Waals surface area contributed by atoms with E-state index in [4.69, 9.17) is 9.47 Å². The Balaban J connectivity index is 2.25. The molecule has 0 bridgehead atoms. The van der Waals surface area contributed by atoms with Crippen LogP contribution in [0.1, 0.15) is 322 Å². The zero-order chi connectivity index (χ0) is 54.7. The van der Waals surface area contributed by atoms with E-state index in [1.807, 2.05) is 0 Å². The van der Waals surface area contributed by atoms with E-state index in [1.54, 1.807) is 0 Å². The van der Waals surface area contributed by atoms with Gasteiger partial charge in [-0.1, -0.05) is 296 Å². The van der Waals surface area contributed by atoms with E-state index in [2.05, 4.69) is 31.3 Å². The average molecular weight is 1070 g/mol. The van der Waals surface area contributed by atoms with Crippen molar-refractivity contribution in [2.75, 3.05) is 13.2 Å². The maximum Gasteiger partial charge on any atom is 0.249 e. The van der Waals surface area contributed by atoms with Crippen LogP contribution in [0.3, 0.4) is 0 Å². The van der Waals surface area contributed by atoms with Gasteiger partial charge >= 0.3 is 0 Å². The van der Waals surface area contributed by atoms with Crippen LogP contribution >= 0.6 is 0 Å². The molecule has 1 amide bonds. The number of hydrogen-bond donors (Lipinski definition) is 8. The molecule has 1 rings (SSSR count). The summed E-state index contributed by atoms with van der Waals surface area (Å²) in [4.78, 5) is 13.2. The summed E-state index contributed by atoms with van der Waals surface area (Å²) in [6, 6.07) is -1.18. The number of nitrogens with one attached hydrogen (secondary N) is 1. The van der Waals surface area contributed by atoms with Gasteiger partial charge in [-0.05, 0) is 38.5 Å². The Labute approximate surface area is 462 Å². The zero-order valence-corrected chi connectivity index (χ0v) is 49.1. The molecule has 446 valence electrons. The number of rotatable bonds is 57. The molecular weight excluding hydrogens is 943 g/mol. The van der Waals surface area contributed by atoms with E-state index in [9.17, 15) is 40.5 Å². The topological polar surface area (TPSA) is 189 Å². The fourth-order valence-corrected chi connectivity index (χ4v) is 10.8. The maximum absolute atomic E-state index is 13.2. The van der Waals surface area contributed by atoms with Crippen molar-refractivity contribution < 1.29 is 50.0 Å². The van der Waals surface area contributed by atoms with Gasteiger partial charge in [0, 0.05) is 0 Å². The molecule has 1 aliphatic heterocycles. The minimum Gasteiger partial charge on any atom is -0.394 e. The van der Waals surface area contributed by atoms with Crippen LogP contribution in [0.15, 0.2) is 12.2 Å². The van der Waals surface area contributed by atoms with Crippen molar-refractivity contribution in [2.24, 2.45) is 0 Å². The summed E-state index contributed by atoms with van der Waals surface area (Å²) in [5.74, 6) is -0.699. The molecule has 9 atom stereocenters. The number of hydrogen-bond acceptors (Lipinski definition) is 10. The van der Waals surface area contributed by atoms with Gasteiger partial charge in [-0.2, -0.15) is 0 Å². The highest BCUT2D eigenvalue weighted by molar-refractivity contribution is 5.80. The highest BCUT2D eigenvalue weighted by atomic mass is 16.7. The lowest BCUT2D eigenvalue weighted by Crippen LogP contribution is -2.60. The molecule has 1 fully saturated rings. The van der Waals surface area contributed by atoms with E-state index < -0.39 is 74.2 Å². The number of carbonyl (C=O) groups excluding carboxylic acids is 1. The summed E-state index contributed by atoms with van der Waals surface area (Å²) in [7, 11) is 0. The predicted octanol–water partition coefficient (Wildman–Crippen LogP) is 14.7. The second-order valence-electron chi connectivity index (χ2n) is 23.2. The van der Waals surface area contributed by atoms with E-state index in [-0.39, 0.29) is 12.8 Å². The molecule has 75 heavy (non-hydrogen) atoms. The monoisotopic (exact) mass is 1070 g/mol. The van der Waals surface area contributed by atoms with Gasteiger partial charge in [0.2, 0.25) is 5.91 Å². The molecule has 8 N–H and O–H groups in total. The fraction of sp³-hybridized carbons (Fsp3) is 0.953. The van der Waals surface area contributed by atoms with Crippen molar-refractivity contribution in [3.05, 3.63) is 12.2 Å². The van der Waals surface area contributed by atoms with Crippen molar-refractivity contribution in [1.29, 1.82) is 0 Å². The molecule has 1 saturated heterocycles. The van der Waals surface area contributed by atoms with Crippen LogP contribution in [-0.2, 0) is 14.3 Å². The lowest BCUT2D eigenvalue weighted by Gasteiger charge is -2.40. The summed E-state index contributed by atoms with van der Waals surface area (Å²) >= 11 is 0. The largest absolute Gasteiger partial charge is 0.394 e. The Morgan fingerprint density at radius 1 is 0.453 bits per heavy atom. The molecule has 1 aliphatic rings. The number of carbonyl (C=O) groups is 1. The van der Waals surface area contributed by atoms with Crippen LogP contribution in [0.4, 0.5) is 0 Å². The number of amides is 1. The molecule has 0 spiro atoms. The molecule has 9 unspecified atom stereocenters. The summed E-state index contributed by atoms with van der Waals surface area (Å²) in [5.41, 5.74) is 0. The second kappa shape index (κ2) is 53.5. The lowest BCUT2D eigenvalue weighted by molar-refractivity contribution is -0.303. The maximum atomic E-state index is 13.2. The van der Waals surface area contributed by atoms with Crippen molar-refractivity contribution in [3.63, 3.8) is 0 Å². The van der Waals surface area contributed by atoms with E-state index in [0.717, 1.165) is 38.5 Å². The van der Waals surface area contributed by atoms with Crippen molar-refractivity contribution >= 4 is 5.91 Å². The summed E-state index contributed by atoms with van der Waals surface area (Å²) in [6.07, 6.45) is 52.9. The van der Waals surface area contributed by atoms with E-state index >= 15 is 0 Å². The van der Waals surface area contributed by atoms with Gasteiger partial charge in [0.1, 0.15) is 36.6 Å². The molecule has 1 heterocycles. The van der Waals surface area contributed by atoms with E-state index in [1.165, 1.54) is 244 Å². The molecular formula is C64H125NO10. The van der Waals surface area contributed by atoms with Crippen LogP contribution in [-0.4, -0.2) is 110 Å². The summed E-state index contributed by atoms with van der Waals surface area (Å²) in [5, 5.41) is 76.3. The minimum atomic E-state index is -1.67. The van der Waals surface area contributed by atoms with Gasteiger partial charge in [-0.25, -0.2) is 0 Å². The number of allylic oxidation sites excluding steroid dienone is 2. The zero-order valence-electron chi connectivity index (χ0n) is 49.1. The molecule has 11 heteroatoms. The number of aliphatic hydroxyl groups excluding tert-OH is 7. The molecule has 0 aromatic carbocycles. The number of unbranched alkanes of at least 4 members (excludes halogenated alkanes) is 43. The molecule has 0 radical (unpaired) electrons. The van der Waals surface area contributed by atoms with Gasteiger partial charge in [0.15, 0.2) is 6.29 Å². The Kier molecular flexibility index (Phi) is 51.3. The fourth-order valence-electron chi connectivity index (χ4n) is 10.8. The third-order valence-corrected chi connectivity index (χ3v) is 16.1. The van der Waals surface area contributed by atoms with Crippen molar-refractivity contribution in [1.82, 2.24) is 5.32 Å². The molecule has 0 aromatic rings. The molecule has 11 nitrogen and oxygen atoms in total. The molecule has 0 saturated carbocycles. The van der Waals surface area contributed by atoms with Crippen LogP contribution in [0.2, 0.25) is 0 Å². The van der Waals surface area contributed by atoms with Crippen molar-refractivity contribution in [2.45, 2.75) is 377 Å². The van der Waals surface area contributed by atoms with E-state index in [0.29, 0.717) is 12.8 Å². The first-order chi connectivity index (χ1) is 36.7. The number of ether oxygens (including phenoxy) is 2. The minimum absolute atomic E-state index is 0.260. The van der Waals surface area contributed by atoms with Gasteiger partial charge in [-0.15, -0.1) is 0 Å². The average Bonchev–Trinajstić information content (AvgIpc) is 3.41. The first kappa shape index (κ1) is 71.9. The quantitative estimate of drug-likeness (QED) is 0.0215. The highest BCUT2D eigenvalue weighted by Crippen LogP contribution is 2.24. The van der Waals surface area contributed by atoms with Crippen LogP contribution in [0, 0.1) is 0 Å². The van der Waals surface area contributed by atoms with Crippen LogP contribution < -0.4 is 5.32 Å². The Bertz CT molecular complexity index is 1220. The second-order valence-corrected chi connectivity index (χ2v) is 23.2. The van der Waals surface area contributed by atoms with Gasteiger partial charge < -0.3 is 50.5 Å².